The number of carbonyl (C=O) groups excluding carboxylic acids is 2. The molecule has 0 saturated heterocycles. The van der Waals surface area contributed by atoms with Gasteiger partial charge in [0.15, 0.2) is 0 Å². The van der Waals surface area contributed by atoms with E-state index in [2.05, 4.69) is 15.9 Å². The van der Waals surface area contributed by atoms with Crippen molar-refractivity contribution in [1.29, 1.82) is 0 Å². The van der Waals surface area contributed by atoms with Crippen molar-refractivity contribution in [3.63, 3.8) is 0 Å². The lowest BCUT2D eigenvalue weighted by Crippen LogP contribution is -2.49. The molecule has 0 saturated carbocycles. The summed E-state index contributed by atoms with van der Waals surface area (Å²) in [4.78, 5) is 25.0. The molecule has 1 aliphatic heterocycles. The Morgan fingerprint density at radius 2 is 2.00 bits per heavy atom. The summed E-state index contributed by atoms with van der Waals surface area (Å²) in [6.07, 6.45) is -0.0970. The van der Waals surface area contributed by atoms with Crippen molar-refractivity contribution in [3.05, 3.63) is 33.8 Å². The second-order valence-corrected chi connectivity index (χ2v) is 5.17. The summed E-state index contributed by atoms with van der Waals surface area (Å²) in [6, 6.07) is 5.16. The van der Waals surface area contributed by atoms with Crippen LogP contribution in [-0.4, -0.2) is 37.2 Å². The molecule has 102 valence electrons. The lowest BCUT2D eigenvalue weighted by Gasteiger charge is -2.34. The van der Waals surface area contributed by atoms with Crippen LogP contribution in [0.2, 0.25) is 0 Å². The quantitative estimate of drug-likeness (QED) is 0.741. The molecular formula is C13H14BrNO4. The van der Waals surface area contributed by atoms with Crippen LogP contribution in [0, 0.1) is 0 Å². The largest absolute Gasteiger partial charge is 0.467 e. The van der Waals surface area contributed by atoms with Crippen LogP contribution in [0.4, 0.5) is 4.79 Å². The maximum Gasteiger partial charge on any atom is 0.410 e. The summed E-state index contributed by atoms with van der Waals surface area (Å²) in [6.45, 7) is 0.342. The molecule has 0 radical (unpaired) electrons. The maximum atomic E-state index is 11.8. The first-order valence-corrected chi connectivity index (χ1v) is 6.56. The van der Waals surface area contributed by atoms with E-state index in [-0.39, 0.29) is 0 Å². The van der Waals surface area contributed by atoms with E-state index in [1.165, 1.54) is 19.1 Å². The second-order valence-electron chi connectivity index (χ2n) is 4.25. The third kappa shape index (κ3) is 2.73. The fourth-order valence-electron chi connectivity index (χ4n) is 2.21. The molecule has 0 spiro atoms. The van der Waals surface area contributed by atoms with Gasteiger partial charge >= 0.3 is 12.1 Å². The second kappa shape index (κ2) is 5.61. The van der Waals surface area contributed by atoms with Gasteiger partial charge in [-0.15, -0.1) is 0 Å². The number of rotatable bonds is 1. The van der Waals surface area contributed by atoms with Crippen LogP contribution in [0.25, 0.3) is 0 Å². The number of carbonyl (C=O) groups is 2. The van der Waals surface area contributed by atoms with Crippen LogP contribution in [-0.2, 0) is 27.2 Å². The number of ether oxygens (including phenoxy) is 2. The Kier molecular flexibility index (Phi) is 4.09. The summed E-state index contributed by atoms with van der Waals surface area (Å²) in [5.41, 5.74) is 2.04. The third-order valence-electron chi connectivity index (χ3n) is 3.18. The highest BCUT2D eigenvalue weighted by molar-refractivity contribution is 9.10. The molecule has 1 aromatic rings. The van der Waals surface area contributed by atoms with Crippen molar-refractivity contribution in [3.8, 4) is 0 Å². The minimum absolute atomic E-state index is 0.342. The average Bonchev–Trinajstić information content (AvgIpc) is 2.44. The third-order valence-corrected chi connectivity index (χ3v) is 3.67. The summed E-state index contributed by atoms with van der Waals surface area (Å²) in [5, 5.41) is 0. The molecule has 5 nitrogen and oxygen atoms in total. The van der Waals surface area contributed by atoms with Crippen molar-refractivity contribution in [2.45, 2.75) is 19.0 Å². The molecule has 2 rings (SSSR count). The molecular weight excluding hydrogens is 314 g/mol. The van der Waals surface area contributed by atoms with Crippen LogP contribution >= 0.6 is 15.9 Å². The number of benzene rings is 1. The van der Waals surface area contributed by atoms with Crippen molar-refractivity contribution >= 4 is 28.0 Å². The van der Waals surface area contributed by atoms with Gasteiger partial charge in [-0.1, -0.05) is 22.0 Å². The zero-order chi connectivity index (χ0) is 14.0. The van der Waals surface area contributed by atoms with Gasteiger partial charge in [-0.2, -0.15) is 0 Å². The Hall–Kier alpha value is -1.56. The van der Waals surface area contributed by atoms with Crippen LogP contribution in [0.3, 0.4) is 0 Å². The first-order chi connectivity index (χ1) is 9.06. The Balaban J connectivity index is 2.36. The van der Waals surface area contributed by atoms with Crippen LogP contribution in [0.5, 0.6) is 0 Å². The van der Waals surface area contributed by atoms with Gasteiger partial charge in [0, 0.05) is 10.9 Å². The topological polar surface area (TPSA) is 55.8 Å². The number of halogens is 1. The van der Waals surface area contributed by atoms with Crippen LogP contribution in [0.15, 0.2) is 22.7 Å². The number of hydrogen-bond acceptors (Lipinski definition) is 4. The van der Waals surface area contributed by atoms with E-state index >= 15 is 0 Å². The lowest BCUT2D eigenvalue weighted by molar-refractivity contribution is -0.146. The van der Waals surface area contributed by atoms with Crippen LogP contribution in [0.1, 0.15) is 11.1 Å². The lowest BCUT2D eigenvalue weighted by atomic mass is 9.94. The predicted molar refractivity (Wildman–Crippen MR) is 71.6 cm³/mol. The standard InChI is InChI=1S/C13H14BrNO4/c1-18-12(16)11-6-9-5-10(14)4-3-8(9)7-15(11)13(17)19-2/h3-5,11H,6-7H2,1-2H3/t11-/m1/s1. The maximum absolute atomic E-state index is 11.8. The number of nitrogens with zero attached hydrogens (tertiary/aromatic N) is 1. The molecule has 6 heteroatoms. The van der Waals surface area contributed by atoms with Crippen molar-refractivity contribution in [2.75, 3.05) is 14.2 Å². The van der Waals surface area contributed by atoms with Gasteiger partial charge in [0.2, 0.25) is 0 Å². The average molecular weight is 328 g/mol. The highest BCUT2D eigenvalue weighted by Gasteiger charge is 2.36. The normalized spacial score (nSPS) is 17.6. The summed E-state index contributed by atoms with van der Waals surface area (Å²) in [7, 11) is 2.61. The van der Waals surface area contributed by atoms with Gasteiger partial charge in [0.05, 0.1) is 20.8 Å². The Morgan fingerprint density at radius 3 is 2.63 bits per heavy atom. The number of fused-ring (bicyclic) bond motifs is 1. The zero-order valence-electron chi connectivity index (χ0n) is 10.7. The zero-order valence-corrected chi connectivity index (χ0v) is 12.3. The predicted octanol–water partition coefficient (Wildman–Crippen LogP) is 2.12. The Bertz CT molecular complexity index is 517. The monoisotopic (exact) mass is 327 g/mol. The van der Waals surface area contributed by atoms with E-state index in [1.807, 2.05) is 18.2 Å². The van der Waals surface area contributed by atoms with Crippen molar-refractivity contribution in [1.82, 2.24) is 4.90 Å². The fraction of sp³-hybridized carbons (Fsp3) is 0.385. The highest BCUT2D eigenvalue weighted by Crippen LogP contribution is 2.27. The van der Waals surface area contributed by atoms with Gasteiger partial charge in [0.1, 0.15) is 6.04 Å². The smallest absolute Gasteiger partial charge is 0.410 e. The molecule has 1 aromatic carbocycles. The van der Waals surface area contributed by atoms with Gasteiger partial charge in [-0.05, 0) is 23.3 Å². The van der Waals surface area contributed by atoms with Crippen molar-refractivity contribution < 1.29 is 19.1 Å². The molecule has 1 aliphatic rings. The SMILES string of the molecule is COC(=O)[C@H]1Cc2cc(Br)ccc2CN1C(=O)OC. The van der Waals surface area contributed by atoms with E-state index < -0.39 is 18.1 Å². The minimum atomic E-state index is -0.640. The number of amides is 1. The molecule has 0 aromatic heterocycles. The van der Waals surface area contributed by atoms with Gasteiger partial charge in [-0.25, -0.2) is 9.59 Å². The summed E-state index contributed by atoms with van der Waals surface area (Å²) >= 11 is 3.40. The summed E-state index contributed by atoms with van der Waals surface area (Å²) in [5.74, 6) is -0.434. The van der Waals surface area contributed by atoms with E-state index in [1.54, 1.807) is 0 Å². The van der Waals surface area contributed by atoms with E-state index in [0.717, 1.165) is 15.6 Å². The molecule has 0 fully saturated rings. The van der Waals surface area contributed by atoms with Gasteiger partial charge < -0.3 is 9.47 Å². The van der Waals surface area contributed by atoms with Gasteiger partial charge in [-0.3, -0.25) is 4.90 Å². The highest BCUT2D eigenvalue weighted by atomic mass is 79.9. The van der Waals surface area contributed by atoms with E-state index in [9.17, 15) is 9.59 Å². The molecule has 0 unspecified atom stereocenters. The van der Waals surface area contributed by atoms with E-state index in [0.29, 0.717) is 13.0 Å². The van der Waals surface area contributed by atoms with Crippen molar-refractivity contribution in [2.24, 2.45) is 0 Å². The molecule has 19 heavy (non-hydrogen) atoms. The van der Waals surface area contributed by atoms with Crippen LogP contribution < -0.4 is 0 Å². The van der Waals surface area contributed by atoms with Gasteiger partial charge in [0.25, 0.3) is 0 Å². The molecule has 0 aliphatic carbocycles. The Morgan fingerprint density at radius 1 is 1.26 bits per heavy atom. The first kappa shape index (κ1) is 13.9. The summed E-state index contributed by atoms with van der Waals surface area (Å²) < 4.78 is 10.4. The Labute approximate surface area is 119 Å². The molecule has 1 heterocycles. The number of esters is 1. The molecule has 0 bridgehead atoms. The number of hydrogen-bond donors (Lipinski definition) is 0. The molecule has 1 atom stereocenters. The minimum Gasteiger partial charge on any atom is -0.467 e. The van der Waals surface area contributed by atoms with E-state index in [4.69, 9.17) is 9.47 Å². The number of methoxy groups -OCH3 is 2. The molecule has 1 amide bonds. The molecule has 0 N–H and O–H groups in total. The fourth-order valence-corrected chi connectivity index (χ4v) is 2.62. The first-order valence-electron chi connectivity index (χ1n) is 5.76.